The molecule has 2 N–H and O–H groups in total. The van der Waals surface area contributed by atoms with Crippen LogP contribution in [-0.2, 0) is 4.79 Å². The lowest BCUT2D eigenvalue weighted by Crippen LogP contribution is -2.28. The summed E-state index contributed by atoms with van der Waals surface area (Å²) in [6.07, 6.45) is 0. The summed E-state index contributed by atoms with van der Waals surface area (Å²) in [5.41, 5.74) is 2.33. The number of nitrogens with one attached hydrogen (secondary N) is 2. The standard InChI is InChI=1S/C18H20N2O3/c1-13-4-3-5-17(12-13)23-11-10-19-18(22)15-6-8-16(9-7-15)20-14(2)21/h3-9,12H,10-11H2,1-2H3,(H,19,22)(H,20,21). The van der Waals surface area contributed by atoms with Gasteiger partial charge in [-0.2, -0.15) is 0 Å². The highest BCUT2D eigenvalue weighted by atomic mass is 16.5. The quantitative estimate of drug-likeness (QED) is 0.806. The van der Waals surface area contributed by atoms with E-state index < -0.39 is 0 Å². The minimum absolute atomic E-state index is 0.143. The number of aryl methyl sites for hydroxylation is 1. The van der Waals surface area contributed by atoms with Crippen molar-refractivity contribution >= 4 is 17.5 Å². The van der Waals surface area contributed by atoms with Gasteiger partial charge in [-0.05, 0) is 48.9 Å². The molecule has 23 heavy (non-hydrogen) atoms. The molecule has 2 rings (SSSR count). The number of carbonyl (C=O) groups is 2. The van der Waals surface area contributed by atoms with Crippen molar-refractivity contribution in [3.8, 4) is 5.75 Å². The van der Waals surface area contributed by atoms with Crippen LogP contribution in [0.25, 0.3) is 0 Å². The van der Waals surface area contributed by atoms with E-state index in [1.54, 1.807) is 24.3 Å². The Morgan fingerprint density at radius 2 is 1.83 bits per heavy atom. The summed E-state index contributed by atoms with van der Waals surface area (Å²) in [5.74, 6) is 0.474. The van der Waals surface area contributed by atoms with E-state index in [2.05, 4.69) is 10.6 Å². The lowest BCUT2D eigenvalue weighted by molar-refractivity contribution is -0.114. The Bertz CT molecular complexity index is 681. The van der Waals surface area contributed by atoms with E-state index in [1.165, 1.54) is 6.92 Å². The molecular formula is C18H20N2O3. The molecule has 0 aromatic heterocycles. The number of carbonyl (C=O) groups excluding carboxylic acids is 2. The van der Waals surface area contributed by atoms with Crippen LogP contribution in [0.15, 0.2) is 48.5 Å². The van der Waals surface area contributed by atoms with Gasteiger partial charge in [0.05, 0.1) is 6.54 Å². The third-order valence-corrected chi connectivity index (χ3v) is 3.11. The largest absolute Gasteiger partial charge is 0.492 e. The molecule has 0 aliphatic heterocycles. The van der Waals surface area contributed by atoms with Gasteiger partial charge in [0.15, 0.2) is 0 Å². The lowest BCUT2D eigenvalue weighted by atomic mass is 10.2. The Balaban J connectivity index is 1.77. The fourth-order valence-corrected chi connectivity index (χ4v) is 2.05. The zero-order valence-corrected chi connectivity index (χ0v) is 13.3. The molecule has 0 radical (unpaired) electrons. The molecular weight excluding hydrogens is 292 g/mol. The predicted octanol–water partition coefficient (Wildman–Crippen LogP) is 2.76. The van der Waals surface area contributed by atoms with Gasteiger partial charge in [0.1, 0.15) is 12.4 Å². The Morgan fingerprint density at radius 1 is 1.09 bits per heavy atom. The second-order valence-corrected chi connectivity index (χ2v) is 5.18. The summed E-state index contributed by atoms with van der Waals surface area (Å²) in [6, 6.07) is 14.5. The van der Waals surface area contributed by atoms with Crippen molar-refractivity contribution < 1.29 is 14.3 Å². The maximum atomic E-state index is 12.0. The van der Waals surface area contributed by atoms with E-state index in [0.717, 1.165) is 11.3 Å². The Labute approximate surface area is 135 Å². The van der Waals surface area contributed by atoms with Crippen LogP contribution in [0.3, 0.4) is 0 Å². The summed E-state index contributed by atoms with van der Waals surface area (Å²) in [7, 11) is 0. The summed E-state index contributed by atoms with van der Waals surface area (Å²) in [6.45, 7) is 4.26. The minimum atomic E-state index is -0.174. The summed E-state index contributed by atoms with van der Waals surface area (Å²) in [5, 5.41) is 5.45. The molecule has 2 amide bonds. The number of anilines is 1. The van der Waals surface area contributed by atoms with Gasteiger partial charge in [-0.3, -0.25) is 9.59 Å². The maximum absolute atomic E-state index is 12.0. The van der Waals surface area contributed by atoms with Crippen molar-refractivity contribution in [2.75, 3.05) is 18.5 Å². The van der Waals surface area contributed by atoms with Crippen molar-refractivity contribution in [2.24, 2.45) is 0 Å². The lowest BCUT2D eigenvalue weighted by Gasteiger charge is -2.09. The third kappa shape index (κ3) is 5.47. The van der Waals surface area contributed by atoms with Crippen LogP contribution in [0.5, 0.6) is 5.75 Å². The van der Waals surface area contributed by atoms with Gasteiger partial charge in [-0.15, -0.1) is 0 Å². The number of ether oxygens (including phenoxy) is 1. The van der Waals surface area contributed by atoms with Crippen LogP contribution < -0.4 is 15.4 Å². The Morgan fingerprint density at radius 3 is 2.48 bits per heavy atom. The molecule has 120 valence electrons. The van der Waals surface area contributed by atoms with E-state index in [-0.39, 0.29) is 11.8 Å². The van der Waals surface area contributed by atoms with Gasteiger partial charge in [0.25, 0.3) is 5.91 Å². The molecule has 2 aromatic carbocycles. The highest BCUT2D eigenvalue weighted by molar-refractivity contribution is 5.95. The number of benzene rings is 2. The van der Waals surface area contributed by atoms with Crippen molar-refractivity contribution in [2.45, 2.75) is 13.8 Å². The Hall–Kier alpha value is -2.82. The average Bonchev–Trinajstić information content (AvgIpc) is 2.51. The molecule has 0 saturated heterocycles. The van der Waals surface area contributed by atoms with Crippen LogP contribution in [0, 0.1) is 6.92 Å². The van der Waals surface area contributed by atoms with E-state index >= 15 is 0 Å². The first kappa shape index (κ1) is 16.5. The first-order valence-corrected chi connectivity index (χ1v) is 7.40. The van der Waals surface area contributed by atoms with Crippen molar-refractivity contribution in [3.05, 3.63) is 59.7 Å². The maximum Gasteiger partial charge on any atom is 0.251 e. The minimum Gasteiger partial charge on any atom is -0.492 e. The summed E-state index contributed by atoms with van der Waals surface area (Å²) in [4.78, 5) is 22.9. The highest BCUT2D eigenvalue weighted by Crippen LogP contribution is 2.12. The zero-order valence-electron chi connectivity index (χ0n) is 13.3. The van der Waals surface area contributed by atoms with Crippen LogP contribution in [0.2, 0.25) is 0 Å². The van der Waals surface area contributed by atoms with Gasteiger partial charge in [0, 0.05) is 18.2 Å². The smallest absolute Gasteiger partial charge is 0.251 e. The van der Waals surface area contributed by atoms with Crippen LogP contribution in [0.4, 0.5) is 5.69 Å². The van der Waals surface area contributed by atoms with Gasteiger partial charge in [-0.1, -0.05) is 12.1 Å². The Kier molecular flexibility index (Phi) is 5.74. The first-order chi connectivity index (χ1) is 11.0. The van der Waals surface area contributed by atoms with Gasteiger partial charge >= 0.3 is 0 Å². The summed E-state index contributed by atoms with van der Waals surface area (Å²) < 4.78 is 5.57. The molecule has 0 heterocycles. The van der Waals surface area contributed by atoms with Crippen molar-refractivity contribution in [1.29, 1.82) is 0 Å². The van der Waals surface area contributed by atoms with Crippen molar-refractivity contribution in [1.82, 2.24) is 5.32 Å². The fourth-order valence-electron chi connectivity index (χ4n) is 2.05. The summed E-state index contributed by atoms with van der Waals surface area (Å²) >= 11 is 0. The molecule has 0 spiro atoms. The number of rotatable bonds is 6. The molecule has 5 nitrogen and oxygen atoms in total. The van der Waals surface area contributed by atoms with Crippen LogP contribution >= 0.6 is 0 Å². The second-order valence-electron chi connectivity index (χ2n) is 5.18. The van der Waals surface area contributed by atoms with Gasteiger partial charge < -0.3 is 15.4 Å². The average molecular weight is 312 g/mol. The highest BCUT2D eigenvalue weighted by Gasteiger charge is 2.05. The number of hydrogen-bond donors (Lipinski definition) is 2. The molecule has 0 aliphatic rings. The second kappa shape index (κ2) is 7.98. The molecule has 0 atom stereocenters. The van der Waals surface area contributed by atoms with Crippen LogP contribution in [-0.4, -0.2) is 25.0 Å². The zero-order chi connectivity index (χ0) is 16.7. The third-order valence-electron chi connectivity index (χ3n) is 3.11. The van der Waals surface area contributed by atoms with Crippen molar-refractivity contribution in [3.63, 3.8) is 0 Å². The normalized spacial score (nSPS) is 10.0. The van der Waals surface area contributed by atoms with Gasteiger partial charge in [0.2, 0.25) is 5.91 Å². The van der Waals surface area contributed by atoms with E-state index in [4.69, 9.17) is 4.74 Å². The van der Waals surface area contributed by atoms with Gasteiger partial charge in [-0.25, -0.2) is 0 Å². The number of amides is 2. The molecule has 0 saturated carbocycles. The molecule has 0 bridgehead atoms. The van der Waals surface area contributed by atoms with E-state index in [0.29, 0.717) is 24.4 Å². The van der Waals surface area contributed by atoms with Crippen LogP contribution in [0.1, 0.15) is 22.8 Å². The fraction of sp³-hybridized carbons (Fsp3) is 0.222. The van der Waals surface area contributed by atoms with E-state index in [9.17, 15) is 9.59 Å². The monoisotopic (exact) mass is 312 g/mol. The molecule has 0 aliphatic carbocycles. The van der Waals surface area contributed by atoms with E-state index in [1.807, 2.05) is 31.2 Å². The molecule has 5 heteroatoms. The predicted molar refractivity (Wildman–Crippen MR) is 89.8 cm³/mol. The first-order valence-electron chi connectivity index (χ1n) is 7.40. The number of hydrogen-bond acceptors (Lipinski definition) is 3. The SMILES string of the molecule is CC(=O)Nc1ccc(C(=O)NCCOc2cccc(C)c2)cc1. The molecule has 0 unspecified atom stereocenters. The topological polar surface area (TPSA) is 67.4 Å². The molecule has 2 aromatic rings. The molecule has 0 fully saturated rings.